The molecule has 1 unspecified atom stereocenters. The van der Waals surface area contributed by atoms with E-state index in [-0.39, 0.29) is 11.9 Å². The number of carbonyl (C=O) groups excluding carboxylic acids is 1. The van der Waals surface area contributed by atoms with E-state index in [4.69, 9.17) is 19.9 Å². The van der Waals surface area contributed by atoms with Gasteiger partial charge in [0.1, 0.15) is 6.04 Å². The van der Waals surface area contributed by atoms with Crippen LogP contribution < -0.4 is 5.73 Å². The van der Waals surface area contributed by atoms with Gasteiger partial charge < -0.3 is 19.9 Å². The van der Waals surface area contributed by atoms with E-state index < -0.39 is 6.04 Å². The molecule has 0 heterocycles. The summed E-state index contributed by atoms with van der Waals surface area (Å²) in [5.74, 6) is -0.170. The fourth-order valence-electron chi connectivity index (χ4n) is 1.16. The summed E-state index contributed by atoms with van der Waals surface area (Å²) in [5.41, 5.74) is 5.73. The fraction of sp³-hybridized carbons (Fsp3) is 0.917. The Balaban J connectivity index is 3.45. The Morgan fingerprint density at radius 3 is 2.53 bits per heavy atom. The summed E-state index contributed by atoms with van der Waals surface area (Å²) in [7, 11) is 1.63. The quantitative estimate of drug-likeness (QED) is 0.460. The molecule has 0 aromatic rings. The molecule has 2 N–H and O–H groups in total. The second-order valence-electron chi connectivity index (χ2n) is 4.04. The van der Waals surface area contributed by atoms with Crippen molar-refractivity contribution in [3.8, 4) is 0 Å². The van der Waals surface area contributed by atoms with Crippen molar-refractivity contribution in [1.82, 2.24) is 0 Å². The highest BCUT2D eigenvalue weighted by Gasteiger charge is 2.20. The predicted molar refractivity (Wildman–Crippen MR) is 65.7 cm³/mol. The van der Waals surface area contributed by atoms with Gasteiger partial charge in [0.25, 0.3) is 0 Å². The number of nitrogens with two attached hydrogens (primary N) is 1. The van der Waals surface area contributed by atoms with Crippen molar-refractivity contribution >= 4 is 5.97 Å². The van der Waals surface area contributed by atoms with E-state index in [1.807, 2.05) is 13.8 Å². The Kier molecular flexibility index (Phi) is 10.1. The van der Waals surface area contributed by atoms with Crippen molar-refractivity contribution < 1.29 is 19.0 Å². The molecule has 0 aliphatic rings. The SMILES string of the molecule is CCC(C)[C@H](N)C(=O)OCCCOCCOC. The predicted octanol–water partition coefficient (Wildman–Crippen LogP) is 0.956. The lowest BCUT2D eigenvalue weighted by molar-refractivity contribution is -0.146. The largest absolute Gasteiger partial charge is 0.464 e. The molecule has 0 spiro atoms. The highest BCUT2D eigenvalue weighted by atomic mass is 16.5. The Morgan fingerprint density at radius 2 is 1.94 bits per heavy atom. The normalized spacial score (nSPS) is 14.4. The average Bonchev–Trinajstić information content (AvgIpc) is 2.35. The molecule has 0 aromatic heterocycles. The van der Waals surface area contributed by atoms with Crippen LogP contribution in [0.5, 0.6) is 0 Å². The molecule has 0 amide bonds. The van der Waals surface area contributed by atoms with Gasteiger partial charge in [0.15, 0.2) is 0 Å². The maximum Gasteiger partial charge on any atom is 0.323 e. The van der Waals surface area contributed by atoms with E-state index in [1.165, 1.54) is 0 Å². The van der Waals surface area contributed by atoms with Gasteiger partial charge in [-0.1, -0.05) is 20.3 Å². The first kappa shape index (κ1) is 16.4. The van der Waals surface area contributed by atoms with Crippen molar-refractivity contribution in [3.63, 3.8) is 0 Å². The highest BCUT2D eigenvalue weighted by molar-refractivity contribution is 5.75. The van der Waals surface area contributed by atoms with Crippen LogP contribution in [0, 0.1) is 5.92 Å². The number of esters is 1. The van der Waals surface area contributed by atoms with Gasteiger partial charge in [-0.25, -0.2) is 0 Å². The summed E-state index contributed by atoms with van der Waals surface area (Å²) in [6.07, 6.45) is 1.55. The Hall–Kier alpha value is -0.650. The molecule has 0 aliphatic heterocycles. The van der Waals surface area contributed by atoms with Crippen molar-refractivity contribution in [2.45, 2.75) is 32.7 Å². The molecule has 2 atom stereocenters. The zero-order valence-electron chi connectivity index (χ0n) is 11.1. The van der Waals surface area contributed by atoms with Crippen LogP contribution >= 0.6 is 0 Å². The maximum atomic E-state index is 11.5. The molecule has 0 aromatic carbocycles. The Morgan fingerprint density at radius 1 is 1.24 bits per heavy atom. The molecule has 0 saturated heterocycles. The summed E-state index contributed by atoms with van der Waals surface area (Å²) >= 11 is 0. The van der Waals surface area contributed by atoms with Crippen LogP contribution in [0.15, 0.2) is 0 Å². The van der Waals surface area contributed by atoms with E-state index in [9.17, 15) is 4.79 Å². The summed E-state index contributed by atoms with van der Waals surface area (Å²) < 4.78 is 15.1. The van der Waals surface area contributed by atoms with Gasteiger partial charge in [0.2, 0.25) is 0 Å². The fourth-order valence-corrected chi connectivity index (χ4v) is 1.16. The summed E-state index contributed by atoms with van der Waals surface area (Å²) in [6.45, 7) is 6.02. The van der Waals surface area contributed by atoms with Crippen molar-refractivity contribution in [2.75, 3.05) is 33.5 Å². The number of hydrogen-bond donors (Lipinski definition) is 1. The molecular formula is C12H25NO4. The molecule has 0 fully saturated rings. The number of ether oxygens (including phenoxy) is 3. The van der Waals surface area contributed by atoms with Gasteiger partial charge in [0, 0.05) is 20.1 Å². The minimum atomic E-state index is -0.519. The molecule has 5 heteroatoms. The first-order chi connectivity index (χ1) is 8.13. The lowest BCUT2D eigenvalue weighted by Gasteiger charge is -2.16. The third-order valence-electron chi connectivity index (χ3n) is 2.64. The molecule has 0 aliphatic carbocycles. The molecule has 102 valence electrons. The lowest BCUT2D eigenvalue weighted by Crippen LogP contribution is -2.38. The smallest absolute Gasteiger partial charge is 0.323 e. The highest BCUT2D eigenvalue weighted by Crippen LogP contribution is 2.06. The molecule has 0 rings (SSSR count). The van der Waals surface area contributed by atoms with Crippen molar-refractivity contribution in [2.24, 2.45) is 11.7 Å². The second-order valence-corrected chi connectivity index (χ2v) is 4.04. The van der Waals surface area contributed by atoms with Gasteiger partial charge in [-0.15, -0.1) is 0 Å². The average molecular weight is 247 g/mol. The zero-order chi connectivity index (χ0) is 13.1. The second kappa shape index (κ2) is 10.5. The molecule has 17 heavy (non-hydrogen) atoms. The van der Waals surface area contributed by atoms with Crippen LogP contribution in [0.1, 0.15) is 26.7 Å². The number of carbonyl (C=O) groups is 1. The number of hydrogen-bond acceptors (Lipinski definition) is 5. The van der Waals surface area contributed by atoms with E-state index in [1.54, 1.807) is 7.11 Å². The molecule has 0 radical (unpaired) electrons. The third-order valence-corrected chi connectivity index (χ3v) is 2.64. The summed E-state index contributed by atoms with van der Waals surface area (Å²) in [5, 5.41) is 0. The van der Waals surface area contributed by atoms with Crippen LogP contribution in [-0.4, -0.2) is 45.5 Å². The summed E-state index contributed by atoms with van der Waals surface area (Å²) in [4.78, 5) is 11.5. The molecular weight excluding hydrogens is 222 g/mol. The third kappa shape index (κ3) is 8.12. The minimum Gasteiger partial charge on any atom is -0.464 e. The van der Waals surface area contributed by atoms with Gasteiger partial charge in [-0.2, -0.15) is 0 Å². The van der Waals surface area contributed by atoms with Gasteiger partial charge in [0.05, 0.1) is 19.8 Å². The van der Waals surface area contributed by atoms with Crippen LogP contribution in [0.2, 0.25) is 0 Å². The first-order valence-electron chi connectivity index (χ1n) is 6.12. The minimum absolute atomic E-state index is 0.153. The van der Waals surface area contributed by atoms with E-state index in [2.05, 4.69) is 0 Å². The number of rotatable bonds is 10. The standard InChI is InChI=1S/C12H25NO4/c1-4-10(2)11(13)12(14)17-7-5-6-16-9-8-15-3/h10-11H,4-9,13H2,1-3H3/t10?,11-/m0/s1. The van der Waals surface area contributed by atoms with Crippen LogP contribution in [0.3, 0.4) is 0 Å². The monoisotopic (exact) mass is 247 g/mol. The number of methoxy groups -OCH3 is 1. The van der Waals surface area contributed by atoms with Gasteiger partial charge in [-0.05, 0) is 5.92 Å². The van der Waals surface area contributed by atoms with Crippen LogP contribution in [0.4, 0.5) is 0 Å². The van der Waals surface area contributed by atoms with Crippen molar-refractivity contribution in [3.05, 3.63) is 0 Å². The molecule has 5 nitrogen and oxygen atoms in total. The van der Waals surface area contributed by atoms with Crippen molar-refractivity contribution in [1.29, 1.82) is 0 Å². The lowest BCUT2D eigenvalue weighted by atomic mass is 10.0. The maximum absolute atomic E-state index is 11.5. The van der Waals surface area contributed by atoms with E-state index >= 15 is 0 Å². The first-order valence-corrected chi connectivity index (χ1v) is 6.12. The Bertz CT molecular complexity index is 199. The summed E-state index contributed by atoms with van der Waals surface area (Å²) in [6, 6.07) is -0.519. The van der Waals surface area contributed by atoms with E-state index in [0.717, 1.165) is 6.42 Å². The topological polar surface area (TPSA) is 70.8 Å². The van der Waals surface area contributed by atoms with Gasteiger partial charge in [-0.3, -0.25) is 4.79 Å². The van der Waals surface area contributed by atoms with Crippen LogP contribution in [-0.2, 0) is 19.0 Å². The molecule has 0 saturated carbocycles. The molecule has 0 bridgehead atoms. The Labute approximate surface area is 104 Å². The van der Waals surface area contributed by atoms with Crippen LogP contribution in [0.25, 0.3) is 0 Å². The van der Waals surface area contributed by atoms with Gasteiger partial charge >= 0.3 is 5.97 Å². The zero-order valence-corrected chi connectivity index (χ0v) is 11.1. The van der Waals surface area contributed by atoms with E-state index in [0.29, 0.717) is 32.8 Å².